The summed E-state index contributed by atoms with van der Waals surface area (Å²) in [6, 6.07) is 4.28. The summed E-state index contributed by atoms with van der Waals surface area (Å²) < 4.78 is 25.8. The lowest BCUT2D eigenvalue weighted by Crippen LogP contribution is -2.14. The minimum Gasteiger partial charge on any atom is -0.204 e. The van der Waals surface area contributed by atoms with Gasteiger partial charge in [-0.2, -0.15) is 0 Å². The molecule has 1 aromatic rings. The van der Waals surface area contributed by atoms with E-state index in [1.165, 1.54) is 37.8 Å². The molecule has 1 aromatic carbocycles. The zero-order chi connectivity index (χ0) is 13.5. The molecule has 0 atom stereocenters. The van der Waals surface area contributed by atoms with Crippen LogP contribution in [0.25, 0.3) is 0 Å². The average molecular weight is 252 g/mol. The van der Waals surface area contributed by atoms with Crippen LogP contribution in [-0.4, -0.2) is 0 Å². The molecule has 1 saturated carbocycles. The lowest BCUT2D eigenvalue weighted by atomic mass is 9.80. The van der Waals surface area contributed by atoms with Crippen molar-refractivity contribution in [2.75, 3.05) is 0 Å². The molecule has 0 aromatic heterocycles. The Morgan fingerprint density at radius 1 is 1.06 bits per heavy atom. The van der Waals surface area contributed by atoms with E-state index in [1.807, 2.05) is 0 Å². The molecule has 1 fully saturated rings. The van der Waals surface area contributed by atoms with Gasteiger partial charge in [0.25, 0.3) is 0 Å². The van der Waals surface area contributed by atoms with Gasteiger partial charge in [-0.3, -0.25) is 0 Å². The van der Waals surface area contributed by atoms with Gasteiger partial charge in [-0.25, -0.2) is 8.78 Å². The smallest absolute Gasteiger partial charge is 0.159 e. The molecule has 0 saturated heterocycles. The van der Waals surface area contributed by atoms with Gasteiger partial charge in [0.1, 0.15) is 0 Å². The standard InChI is InChI=1S/C14H18F2.C2H4/c1-10-2-4-11(5-3-10)8-12-6-7-13(15)14(16)9-12;1-2/h6-7,9-11H,2-5,8H2,1H3;1-2H2. The van der Waals surface area contributed by atoms with Crippen LogP contribution in [0.1, 0.15) is 38.2 Å². The summed E-state index contributed by atoms with van der Waals surface area (Å²) in [6.07, 6.45) is 5.88. The Labute approximate surface area is 109 Å². The second-order valence-electron chi connectivity index (χ2n) is 5.08. The Hall–Kier alpha value is -1.18. The molecule has 2 heteroatoms. The molecule has 0 aliphatic heterocycles. The Kier molecular flexibility index (Phi) is 6.03. The summed E-state index contributed by atoms with van der Waals surface area (Å²) >= 11 is 0. The molecule has 0 spiro atoms. The highest BCUT2D eigenvalue weighted by atomic mass is 19.2. The Morgan fingerprint density at radius 3 is 2.22 bits per heavy atom. The van der Waals surface area contributed by atoms with Gasteiger partial charge in [-0.1, -0.05) is 25.8 Å². The first-order valence-electron chi connectivity index (χ1n) is 6.59. The van der Waals surface area contributed by atoms with Crippen molar-refractivity contribution in [1.29, 1.82) is 0 Å². The molecule has 0 unspecified atom stereocenters. The molecule has 100 valence electrons. The summed E-state index contributed by atoms with van der Waals surface area (Å²) in [7, 11) is 0. The van der Waals surface area contributed by atoms with E-state index in [1.54, 1.807) is 6.07 Å². The van der Waals surface area contributed by atoms with Crippen LogP contribution >= 0.6 is 0 Å². The molecular formula is C16H22F2. The number of hydrogen-bond acceptors (Lipinski definition) is 0. The van der Waals surface area contributed by atoms with Gasteiger partial charge in [0, 0.05) is 0 Å². The molecule has 0 N–H and O–H groups in total. The number of rotatable bonds is 2. The van der Waals surface area contributed by atoms with Crippen LogP contribution in [0.4, 0.5) is 8.78 Å². The third-order valence-electron chi connectivity index (χ3n) is 3.64. The summed E-state index contributed by atoms with van der Waals surface area (Å²) in [6.45, 7) is 8.29. The Bertz CT molecular complexity index is 365. The van der Waals surface area contributed by atoms with Crippen LogP contribution in [-0.2, 0) is 6.42 Å². The van der Waals surface area contributed by atoms with Crippen molar-refractivity contribution in [3.8, 4) is 0 Å². The molecule has 0 bridgehead atoms. The minimum atomic E-state index is -0.749. The minimum absolute atomic E-state index is 0.654. The van der Waals surface area contributed by atoms with Gasteiger partial charge in [-0.05, 0) is 48.8 Å². The van der Waals surface area contributed by atoms with Crippen LogP contribution in [0.5, 0.6) is 0 Å². The number of hydrogen-bond donors (Lipinski definition) is 0. The van der Waals surface area contributed by atoms with Crippen LogP contribution in [0.15, 0.2) is 31.4 Å². The van der Waals surface area contributed by atoms with Gasteiger partial charge < -0.3 is 0 Å². The van der Waals surface area contributed by atoms with Gasteiger partial charge in [0.15, 0.2) is 11.6 Å². The molecule has 0 nitrogen and oxygen atoms in total. The highest BCUT2D eigenvalue weighted by Gasteiger charge is 2.18. The van der Waals surface area contributed by atoms with E-state index >= 15 is 0 Å². The molecule has 0 heterocycles. The van der Waals surface area contributed by atoms with Gasteiger partial charge in [0.2, 0.25) is 0 Å². The summed E-state index contributed by atoms with van der Waals surface area (Å²) in [5.74, 6) is 0.0185. The molecular weight excluding hydrogens is 230 g/mol. The van der Waals surface area contributed by atoms with Crippen molar-refractivity contribution in [3.63, 3.8) is 0 Å². The van der Waals surface area contributed by atoms with Crippen LogP contribution in [0.3, 0.4) is 0 Å². The quantitative estimate of drug-likeness (QED) is 0.640. The topological polar surface area (TPSA) is 0 Å². The molecule has 2 rings (SSSR count). The fourth-order valence-electron chi connectivity index (χ4n) is 2.53. The Balaban J connectivity index is 0.000000771. The van der Waals surface area contributed by atoms with Gasteiger partial charge in [-0.15, -0.1) is 13.2 Å². The third-order valence-corrected chi connectivity index (χ3v) is 3.64. The van der Waals surface area contributed by atoms with Crippen molar-refractivity contribution < 1.29 is 8.78 Å². The maximum absolute atomic E-state index is 13.0. The predicted molar refractivity (Wildman–Crippen MR) is 72.4 cm³/mol. The summed E-state index contributed by atoms with van der Waals surface area (Å²) in [5, 5.41) is 0. The van der Waals surface area contributed by atoms with E-state index in [4.69, 9.17) is 0 Å². The maximum Gasteiger partial charge on any atom is 0.159 e. The zero-order valence-electron chi connectivity index (χ0n) is 11.1. The van der Waals surface area contributed by atoms with E-state index in [9.17, 15) is 8.78 Å². The van der Waals surface area contributed by atoms with Crippen LogP contribution in [0, 0.1) is 23.5 Å². The lowest BCUT2D eigenvalue weighted by Gasteiger charge is -2.26. The van der Waals surface area contributed by atoms with Crippen LogP contribution < -0.4 is 0 Å². The SMILES string of the molecule is C=C.CC1CCC(Cc2ccc(F)c(F)c2)CC1. The monoisotopic (exact) mass is 252 g/mol. The van der Waals surface area contributed by atoms with Crippen molar-refractivity contribution in [2.24, 2.45) is 11.8 Å². The largest absolute Gasteiger partial charge is 0.204 e. The van der Waals surface area contributed by atoms with E-state index < -0.39 is 11.6 Å². The lowest BCUT2D eigenvalue weighted by molar-refractivity contribution is 0.288. The molecule has 0 radical (unpaired) electrons. The average Bonchev–Trinajstić information content (AvgIpc) is 2.39. The normalized spacial score (nSPS) is 23.1. The second-order valence-corrected chi connectivity index (χ2v) is 5.08. The predicted octanol–water partition coefficient (Wildman–Crippen LogP) is 5.14. The summed E-state index contributed by atoms with van der Waals surface area (Å²) in [4.78, 5) is 0. The number of halogens is 2. The fourth-order valence-corrected chi connectivity index (χ4v) is 2.53. The highest BCUT2D eigenvalue weighted by molar-refractivity contribution is 5.18. The second kappa shape index (κ2) is 7.30. The first-order valence-corrected chi connectivity index (χ1v) is 6.59. The third kappa shape index (κ3) is 4.25. The van der Waals surface area contributed by atoms with Crippen molar-refractivity contribution >= 4 is 0 Å². The van der Waals surface area contributed by atoms with Crippen molar-refractivity contribution in [2.45, 2.75) is 39.0 Å². The van der Waals surface area contributed by atoms with Gasteiger partial charge >= 0.3 is 0 Å². The zero-order valence-corrected chi connectivity index (χ0v) is 11.1. The Morgan fingerprint density at radius 2 is 1.67 bits per heavy atom. The number of benzene rings is 1. The first-order chi connectivity index (χ1) is 8.65. The van der Waals surface area contributed by atoms with Crippen molar-refractivity contribution in [3.05, 3.63) is 48.6 Å². The molecule has 1 aliphatic carbocycles. The first kappa shape index (κ1) is 14.9. The van der Waals surface area contributed by atoms with E-state index in [0.29, 0.717) is 5.92 Å². The van der Waals surface area contributed by atoms with Crippen molar-refractivity contribution in [1.82, 2.24) is 0 Å². The van der Waals surface area contributed by atoms with E-state index in [-0.39, 0.29) is 0 Å². The van der Waals surface area contributed by atoms with Crippen LogP contribution in [0.2, 0.25) is 0 Å². The van der Waals surface area contributed by atoms with E-state index in [2.05, 4.69) is 20.1 Å². The van der Waals surface area contributed by atoms with E-state index in [0.717, 1.165) is 17.9 Å². The highest BCUT2D eigenvalue weighted by Crippen LogP contribution is 2.30. The molecule has 0 amide bonds. The molecule has 18 heavy (non-hydrogen) atoms. The summed E-state index contributed by atoms with van der Waals surface area (Å²) in [5.41, 5.74) is 0.929. The molecule has 1 aliphatic rings. The maximum atomic E-state index is 13.0. The van der Waals surface area contributed by atoms with Gasteiger partial charge in [0.05, 0.1) is 0 Å². The fraction of sp³-hybridized carbons (Fsp3) is 0.500.